The van der Waals surface area contributed by atoms with E-state index in [-0.39, 0.29) is 25.7 Å². The van der Waals surface area contributed by atoms with E-state index in [9.17, 15) is 24.0 Å². The maximum atomic E-state index is 12.6. The van der Waals surface area contributed by atoms with Crippen molar-refractivity contribution in [2.45, 2.75) is 64.1 Å². The molecular weight excluding hydrogens is 320 g/mol. The summed E-state index contributed by atoms with van der Waals surface area (Å²) in [6.07, 6.45) is -1.02. The van der Waals surface area contributed by atoms with Crippen LogP contribution in [0.1, 0.15) is 46.5 Å². The fraction of sp³-hybridized carbons (Fsp3) is 0.667. The predicted molar refractivity (Wildman–Crippen MR) is 78.6 cm³/mol. The highest BCUT2D eigenvalue weighted by Gasteiger charge is 2.49. The van der Waals surface area contributed by atoms with Crippen molar-refractivity contribution in [2.75, 3.05) is 0 Å². The summed E-state index contributed by atoms with van der Waals surface area (Å²) >= 11 is 0. The minimum Gasteiger partial charge on any atom is -0.480 e. The first-order valence-electron chi connectivity index (χ1n) is 7.66. The summed E-state index contributed by atoms with van der Waals surface area (Å²) in [5.41, 5.74) is -0.861. The molecule has 1 N–H and O–H groups in total. The standard InChI is InChI=1S/C15H20N2O7/c1-15(2,3)24-14(23)17-8(4-6-11(17)19)12(20)16-9(13(21)22)5-7-10(16)18/h8-9H,4-7H2,1-3H3,(H,21,22)/t8-,9-/m0/s1. The molecule has 9 heteroatoms. The lowest BCUT2D eigenvalue weighted by Crippen LogP contribution is -2.53. The van der Waals surface area contributed by atoms with E-state index in [1.165, 1.54) is 0 Å². The number of carbonyl (C=O) groups excluding carboxylic acids is 4. The van der Waals surface area contributed by atoms with Crippen molar-refractivity contribution in [3.05, 3.63) is 0 Å². The maximum Gasteiger partial charge on any atom is 0.417 e. The summed E-state index contributed by atoms with van der Waals surface area (Å²) in [5.74, 6) is -3.33. The molecule has 24 heavy (non-hydrogen) atoms. The molecule has 2 atom stereocenters. The number of carboxylic acid groups (broad SMARTS) is 1. The molecule has 4 amide bonds. The highest BCUT2D eigenvalue weighted by Crippen LogP contribution is 2.27. The molecule has 0 aliphatic carbocycles. The molecular formula is C15H20N2O7. The van der Waals surface area contributed by atoms with Crippen molar-refractivity contribution < 1.29 is 33.8 Å². The molecule has 0 aromatic heterocycles. The molecule has 0 radical (unpaired) electrons. The first-order valence-corrected chi connectivity index (χ1v) is 7.66. The van der Waals surface area contributed by atoms with E-state index in [4.69, 9.17) is 9.84 Å². The molecule has 2 rings (SSSR count). The first kappa shape index (κ1) is 17.9. The number of carboxylic acids is 1. The lowest BCUT2D eigenvalue weighted by Gasteiger charge is -2.29. The highest BCUT2D eigenvalue weighted by atomic mass is 16.6. The Kier molecular flexibility index (Phi) is 4.63. The van der Waals surface area contributed by atoms with Crippen LogP contribution in [0.25, 0.3) is 0 Å². The number of likely N-dealkylation sites (tertiary alicyclic amines) is 2. The third-order valence-electron chi connectivity index (χ3n) is 3.82. The van der Waals surface area contributed by atoms with Crippen LogP contribution in [0.15, 0.2) is 0 Å². The number of aliphatic carboxylic acids is 1. The summed E-state index contributed by atoms with van der Waals surface area (Å²) in [6.45, 7) is 4.85. The molecule has 2 fully saturated rings. The first-order chi connectivity index (χ1) is 11.0. The molecule has 0 bridgehead atoms. The number of carbonyl (C=O) groups is 5. The fourth-order valence-electron chi connectivity index (χ4n) is 2.81. The molecule has 2 aliphatic heterocycles. The number of nitrogens with zero attached hydrogens (tertiary/aromatic N) is 2. The van der Waals surface area contributed by atoms with Gasteiger partial charge >= 0.3 is 12.1 Å². The number of hydrogen-bond donors (Lipinski definition) is 1. The molecule has 2 heterocycles. The van der Waals surface area contributed by atoms with Crippen LogP contribution < -0.4 is 0 Å². The van der Waals surface area contributed by atoms with Gasteiger partial charge in [0.25, 0.3) is 5.91 Å². The van der Waals surface area contributed by atoms with Gasteiger partial charge < -0.3 is 9.84 Å². The van der Waals surface area contributed by atoms with Crippen molar-refractivity contribution in [3.63, 3.8) is 0 Å². The number of rotatable bonds is 2. The summed E-state index contributed by atoms with van der Waals surface area (Å²) in [4.78, 5) is 61.3. The van der Waals surface area contributed by atoms with Gasteiger partial charge in [0.15, 0.2) is 0 Å². The number of amides is 4. The second-order valence-corrected chi connectivity index (χ2v) is 6.79. The van der Waals surface area contributed by atoms with Gasteiger partial charge in [0, 0.05) is 12.8 Å². The van der Waals surface area contributed by atoms with Gasteiger partial charge in [-0.1, -0.05) is 0 Å². The van der Waals surface area contributed by atoms with Crippen molar-refractivity contribution in [2.24, 2.45) is 0 Å². The van der Waals surface area contributed by atoms with Gasteiger partial charge in [-0.3, -0.25) is 19.3 Å². The molecule has 0 spiro atoms. The molecule has 0 saturated carbocycles. The van der Waals surface area contributed by atoms with Gasteiger partial charge in [-0.25, -0.2) is 14.5 Å². The van der Waals surface area contributed by atoms with E-state index in [1.807, 2.05) is 0 Å². The summed E-state index contributed by atoms with van der Waals surface area (Å²) in [6, 6.07) is -2.47. The van der Waals surface area contributed by atoms with E-state index in [0.717, 1.165) is 0 Å². The normalized spacial score (nSPS) is 24.5. The van der Waals surface area contributed by atoms with Gasteiger partial charge in [0.05, 0.1) is 0 Å². The molecule has 9 nitrogen and oxygen atoms in total. The van der Waals surface area contributed by atoms with Crippen molar-refractivity contribution in [3.8, 4) is 0 Å². The van der Waals surface area contributed by atoms with Gasteiger partial charge in [-0.05, 0) is 33.6 Å². The van der Waals surface area contributed by atoms with Crippen LogP contribution in [0.5, 0.6) is 0 Å². The Labute approximate surface area is 138 Å². The van der Waals surface area contributed by atoms with Crippen molar-refractivity contribution in [1.29, 1.82) is 0 Å². The van der Waals surface area contributed by atoms with E-state index in [1.54, 1.807) is 20.8 Å². The average Bonchev–Trinajstić information content (AvgIpc) is 2.99. The Morgan fingerprint density at radius 3 is 2.00 bits per heavy atom. The number of imide groups is 2. The van der Waals surface area contributed by atoms with Gasteiger partial charge in [-0.15, -0.1) is 0 Å². The van der Waals surface area contributed by atoms with E-state index < -0.39 is 47.5 Å². The largest absolute Gasteiger partial charge is 0.480 e. The molecule has 0 aromatic carbocycles. The SMILES string of the molecule is CC(C)(C)OC(=O)N1C(=O)CC[C@H]1C(=O)N1C(=O)CC[C@H]1C(=O)O. The van der Waals surface area contributed by atoms with Crippen LogP contribution in [0, 0.1) is 0 Å². The van der Waals surface area contributed by atoms with Crippen LogP contribution in [-0.2, 0) is 23.9 Å². The van der Waals surface area contributed by atoms with E-state index >= 15 is 0 Å². The Bertz CT molecular complexity index is 607. The van der Waals surface area contributed by atoms with Crippen LogP contribution in [0.2, 0.25) is 0 Å². The Morgan fingerprint density at radius 2 is 1.50 bits per heavy atom. The number of ether oxygens (including phenoxy) is 1. The Balaban J connectivity index is 2.24. The van der Waals surface area contributed by atoms with Crippen LogP contribution in [0.4, 0.5) is 4.79 Å². The zero-order valence-corrected chi connectivity index (χ0v) is 13.8. The lowest BCUT2D eigenvalue weighted by atomic mass is 10.1. The summed E-state index contributed by atoms with van der Waals surface area (Å²) in [7, 11) is 0. The van der Waals surface area contributed by atoms with Crippen molar-refractivity contribution >= 4 is 29.8 Å². The topological polar surface area (TPSA) is 121 Å². The number of hydrogen-bond acceptors (Lipinski definition) is 6. The quantitative estimate of drug-likeness (QED) is 0.727. The predicted octanol–water partition coefficient (Wildman–Crippen LogP) is 0.515. The zero-order valence-electron chi connectivity index (χ0n) is 13.8. The minimum atomic E-state index is -1.29. The van der Waals surface area contributed by atoms with Gasteiger partial charge in [0.1, 0.15) is 17.7 Å². The second kappa shape index (κ2) is 6.21. The molecule has 2 aliphatic rings. The fourth-order valence-corrected chi connectivity index (χ4v) is 2.81. The van der Waals surface area contributed by atoms with Crippen LogP contribution in [-0.4, -0.2) is 62.4 Å². The minimum absolute atomic E-state index is 0.0208. The van der Waals surface area contributed by atoms with Crippen LogP contribution >= 0.6 is 0 Å². The average molecular weight is 340 g/mol. The summed E-state index contributed by atoms with van der Waals surface area (Å²) in [5, 5.41) is 9.15. The smallest absolute Gasteiger partial charge is 0.417 e. The van der Waals surface area contributed by atoms with Crippen LogP contribution in [0.3, 0.4) is 0 Å². The monoisotopic (exact) mass is 340 g/mol. The second-order valence-electron chi connectivity index (χ2n) is 6.79. The molecule has 2 saturated heterocycles. The molecule has 0 aromatic rings. The maximum absolute atomic E-state index is 12.6. The zero-order chi connectivity index (χ0) is 18.2. The third-order valence-corrected chi connectivity index (χ3v) is 3.82. The Morgan fingerprint density at radius 1 is 1.00 bits per heavy atom. The van der Waals surface area contributed by atoms with Crippen molar-refractivity contribution in [1.82, 2.24) is 9.80 Å². The third kappa shape index (κ3) is 3.39. The molecule has 0 unspecified atom stereocenters. The Hall–Kier alpha value is -2.45. The summed E-state index contributed by atoms with van der Waals surface area (Å²) < 4.78 is 5.13. The van der Waals surface area contributed by atoms with E-state index in [2.05, 4.69) is 0 Å². The highest BCUT2D eigenvalue weighted by molar-refractivity contribution is 6.07. The lowest BCUT2D eigenvalue weighted by molar-refractivity contribution is -0.156. The van der Waals surface area contributed by atoms with E-state index in [0.29, 0.717) is 9.80 Å². The van der Waals surface area contributed by atoms with Gasteiger partial charge in [0.2, 0.25) is 11.8 Å². The van der Waals surface area contributed by atoms with Gasteiger partial charge in [-0.2, -0.15) is 0 Å². The molecule has 132 valence electrons.